The van der Waals surface area contributed by atoms with Gasteiger partial charge in [0.2, 0.25) is 0 Å². The molecule has 0 spiro atoms. The molecular weight excluding hydrogens is 220 g/mol. The third-order valence-corrected chi connectivity index (χ3v) is 4.69. The molecule has 2 saturated carbocycles. The SMILES string of the molecule is O=C1CCCCC(c2cccc(C3CCC3)c2)C1. The average Bonchev–Trinajstić information content (AvgIpc) is 2.52. The summed E-state index contributed by atoms with van der Waals surface area (Å²) >= 11 is 0. The number of benzene rings is 1. The Morgan fingerprint density at radius 1 is 0.889 bits per heavy atom. The summed E-state index contributed by atoms with van der Waals surface area (Å²) in [7, 11) is 0. The first-order chi connectivity index (χ1) is 8.83. The van der Waals surface area contributed by atoms with Crippen molar-refractivity contribution in [2.24, 2.45) is 0 Å². The van der Waals surface area contributed by atoms with Crippen LogP contribution in [0.15, 0.2) is 24.3 Å². The molecule has 0 bridgehead atoms. The third kappa shape index (κ3) is 2.50. The first-order valence-corrected chi connectivity index (χ1v) is 7.44. The molecule has 0 amide bonds. The largest absolute Gasteiger partial charge is 0.300 e. The van der Waals surface area contributed by atoms with E-state index in [2.05, 4.69) is 24.3 Å². The summed E-state index contributed by atoms with van der Waals surface area (Å²) in [6.07, 6.45) is 9.17. The van der Waals surface area contributed by atoms with Gasteiger partial charge in [-0.25, -0.2) is 0 Å². The Morgan fingerprint density at radius 2 is 1.61 bits per heavy atom. The fourth-order valence-corrected chi connectivity index (χ4v) is 3.28. The minimum absolute atomic E-state index is 0.464. The minimum Gasteiger partial charge on any atom is -0.300 e. The number of ketones is 1. The molecule has 1 heteroatoms. The van der Waals surface area contributed by atoms with Crippen LogP contribution in [0.3, 0.4) is 0 Å². The lowest BCUT2D eigenvalue weighted by molar-refractivity contribution is -0.119. The summed E-state index contributed by atoms with van der Waals surface area (Å²) in [6.45, 7) is 0. The molecule has 1 aromatic rings. The fraction of sp³-hybridized carbons (Fsp3) is 0.588. The average molecular weight is 242 g/mol. The molecule has 1 aromatic carbocycles. The van der Waals surface area contributed by atoms with E-state index >= 15 is 0 Å². The highest BCUT2D eigenvalue weighted by atomic mass is 16.1. The second-order valence-corrected chi connectivity index (χ2v) is 5.98. The van der Waals surface area contributed by atoms with Gasteiger partial charge in [-0.05, 0) is 48.6 Å². The number of rotatable bonds is 2. The van der Waals surface area contributed by atoms with E-state index in [1.165, 1.54) is 43.2 Å². The van der Waals surface area contributed by atoms with Gasteiger partial charge >= 0.3 is 0 Å². The van der Waals surface area contributed by atoms with Crippen molar-refractivity contribution in [2.75, 3.05) is 0 Å². The van der Waals surface area contributed by atoms with Crippen molar-refractivity contribution >= 4 is 5.78 Å². The van der Waals surface area contributed by atoms with E-state index in [1.54, 1.807) is 0 Å². The molecule has 1 unspecified atom stereocenters. The van der Waals surface area contributed by atoms with Crippen molar-refractivity contribution in [1.82, 2.24) is 0 Å². The summed E-state index contributed by atoms with van der Waals surface area (Å²) in [5, 5.41) is 0. The highest BCUT2D eigenvalue weighted by Crippen LogP contribution is 2.38. The highest BCUT2D eigenvalue weighted by molar-refractivity contribution is 5.79. The lowest BCUT2D eigenvalue weighted by Crippen LogP contribution is -2.10. The first kappa shape index (κ1) is 12.0. The number of hydrogen-bond donors (Lipinski definition) is 0. The number of carbonyl (C=O) groups excluding carboxylic acids is 1. The predicted molar refractivity (Wildman–Crippen MR) is 73.9 cm³/mol. The molecule has 3 rings (SSSR count). The fourth-order valence-electron chi connectivity index (χ4n) is 3.28. The van der Waals surface area contributed by atoms with E-state index in [-0.39, 0.29) is 0 Å². The van der Waals surface area contributed by atoms with Crippen molar-refractivity contribution in [3.8, 4) is 0 Å². The Labute approximate surface area is 110 Å². The number of carbonyl (C=O) groups is 1. The summed E-state index contributed by atoms with van der Waals surface area (Å²) in [4.78, 5) is 11.8. The van der Waals surface area contributed by atoms with Crippen molar-refractivity contribution in [3.63, 3.8) is 0 Å². The first-order valence-electron chi connectivity index (χ1n) is 7.44. The standard InChI is InChI=1S/C17H22O/c18-17-10-2-1-5-16(12-17)15-9-4-8-14(11-15)13-6-3-7-13/h4,8-9,11,13,16H,1-3,5-7,10,12H2. The van der Waals surface area contributed by atoms with Crippen LogP contribution in [0.1, 0.15) is 74.3 Å². The van der Waals surface area contributed by atoms with Crippen molar-refractivity contribution in [3.05, 3.63) is 35.4 Å². The lowest BCUT2D eigenvalue weighted by atomic mass is 9.78. The molecule has 2 aliphatic carbocycles. The Balaban J connectivity index is 1.79. The molecule has 0 heterocycles. The molecule has 0 saturated heterocycles. The van der Waals surface area contributed by atoms with Crippen LogP contribution in [-0.2, 0) is 4.79 Å². The van der Waals surface area contributed by atoms with Crippen LogP contribution in [0.5, 0.6) is 0 Å². The van der Waals surface area contributed by atoms with Gasteiger partial charge in [-0.15, -0.1) is 0 Å². The molecule has 0 aliphatic heterocycles. The van der Waals surface area contributed by atoms with Gasteiger partial charge in [0.1, 0.15) is 5.78 Å². The van der Waals surface area contributed by atoms with E-state index in [9.17, 15) is 4.79 Å². The number of Topliss-reactive ketones (excluding diaryl/α,β-unsaturated/α-hetero) is 1. The number of hydrogen-bond acceptors (Lipinski definition) is 1. The van der Waals surface area contributed by atoms with Crippen molar-refractivity contribution < 1.29 is 4.79 Å². The van der Waals surface area contributed by atoms with Gasteiger partial charge in [0.25, 0.3) is 0 Å². The summed E-state index contributed by atoms with van der Waals surface area (Å²) in [5.74, 6) is 1.75. The van der Waals surface area contributed by atoms with Crippen LogP contribution in [0.25, 0.3) is 0 Å². The summed E-state index contributed by atoms with van der Waals surface area (Å²) in [6, 6.07) is 9.07. The molecule has 2 fully saturated rings. The van der Waals surface area contributed by atoms with E-state index in [4.69, 9.17) is 0 Å². The molecule has 96 valence electrons. The van der Waals surface area contributed by atoms with Crippen LogP contribution in [-0.4, -0.2) is 5.78 Å². The Bertz CT molecular complexity index is 431. The molecular formula is C17H22O. The maximum absolute atomic E-state index is 11.8. The summed E-state index contributed by atoms with van der Waals surface area (Å²) < 4.78 is 0. The van der Waals surface area contributed by atoms with Gasteiger partial charge < -0.3 is 0 Å². The molecule has 1 atom stereocenters. The third-order valence-electron chi connectivity index (χ3n) is 4.69. The lowest BCUT2D eigenvalue weighted by Gasteiger charge is -2.27. The van der Waals surface area contributed by atoms with E-state index in [1.807, 2.05) is 0 Å². The molecule has 0 radical (unpaired) electrons. The zero-order valence-electron chi connectivity index (χ0n) is 11.0. The van der Waals surface area contributed by atoms with Crippen LogP contribution in [0.4, 0.5) is 0 Å². The Hall–Kier alpha value is -1.11. The maximum atomic E-state index is 11.8. The minimum atomic E-state index is 0.464. The van der Waals surface area contributed by atoms with Gasteiger partial charge in [0.15, 0.2) is 0 Å². The van der Waals surface area contributed by atoms with Gasteiger partial charge in [0.05, 0.1) is 0 Å². The molecule has 0 aromatic heterocycles. The molecule has 0 N–H and O–H groups in total. The molecule has 2 aliphatic rings. The van der Waals surface area contributed by atoms with Crippen LogP contribution in [0.2, 0.25) is 0 Å². The Kier molecular flexibility index (Phi) is 3.49. The van der Waals surface area contributed by atoms with Crippen molar-refractivity contribution in [1.29, 1.82) is 0 Å². The van der Waals surface area contributed by atoms with Gasteiger partial charge in [-0.1, -0.05) is 37.1 Å². The second kappa shape index (κ2) is 5.26. The zero-order chi connectivity index (χ0) is 12.4. The predicted octanol–water partition coefficient (Wildman–Crippen LogP) is 4.57. The second-order valence-electron chi connectivity index (χ2n) is 5.98. The van der Waals surface area contributed by atoms with Gasteiger partial charge in [-0.2, -0.15) is 0 Å². The summed E-state index contributed by atoms with van der Waals surface area (Å²) in [5.41, 5.74) is 2.92. The van der Waals surface area contributed by atoms with E-state index in [0.717, 1.165) is 25.2 Å². The van der Waals surface area contributed by atoms with Gasteiger partial charge in [0, 0.05) is 12.8 Å². The topological polar surface area (TPSA) is 17.1 Å². The monoisotopic (exact) mass is 242 g/mol. The van der Waals surface area contributed by atoms with Gasteiger partial charge in [-0.3, -0.25) is 4.79 Å². The normalized spacial score (nSPS) is 25.6. The van der Waals surface area contributed by atoms with E-state index in [0.29, 0.717) is 11.7 Å². The quantitative estimate of drug-likeness (QED) is 0.694. The molecule has 1 nitrogen and oxygen atoms in total. The molecule has 18 heavy (non-hydrogen) atoms. The zero-order valence-corrected chi connectivity index (χ0v) is 11.0. The maximum Gasteiger partial charge on any atom is 0.133 e. The highest BCUT2D eigenvalue weighted by Gasteiger charge is 2.22. The van der Waals surface area contributed by atoms with Crippen LogP contribution >= 0.6 is 0 Å². The van der Waals surface area contributed by atoms with Crippen LogP contribution < -0.4 is 0 Å². The van der Waals surface area contributed by atoms with Crippen LogP contribution in [0, 0.1) is 0 Å². The smallest absolute Gasteiger partial charge is 0.133 e. The van der Waals surface area contributed by atoms with E-state index < -0.39 is 0 Å². The Morgan fingerprint density at radius 3 is 2.33 bits per heavy atom. The van der Waals surface area contributed by atoms with Crippen molar-refractivity contribution in [2.45, 2.75) is 63.2 Å².